The third-order valence-corrected chi connectivity index (χ3v) is 5.93. The SMILES string of the molecule is COc1ccc(SC(C)C(=O)N(C)Cc2nc3ccccc3s2)cc1. The van der Waals surface area contributed by atoms with Gasteiger partial charge in [-0.05, 0) is 43.3 Å². The predicted molar refractivity (Wildman–Crippen MR) is 104 cm³/mol. The van der Waals surface area contributed by atoms with Crippen LogP contribution in [0.1, 0.15) is 11.9 Å². The number of carbonyl (C=O) groups excluding carboxylic acids is 1. The van der Waals surface area contributed by atoms with Crippen LogP contribution in [0.4, 0.5) is 0 Å². The van der Waals surface area contributed by atoms with Gasteiger partial charge in [-0.2, -0.15) is 0 Å². The summed E-state index contributed by atoms with van der Waals surface area (Å²) in [7, 11) is 3.48. The molecule has 2 aromatic carbocycles. The number of aromatic nitrogens is 1. The molecule has 130 valence electrons. The first-order valence-electron chi connectivity index (χ1n) is 7.97. The van der Waals surface area contributed by atoms with Crippen molar-refractivity contribution in [1.82, 2.24) is 9.88 Å². The van der Waals surface area contributed by atoms with E-state index in [1.54, 1.807) is 35.1 Å². The molecule has 3 rings (SSSR count). The minimum Gasteiger partial charge on any atom is -0.497 e. The minimum atomic E-state index is -0.159. The molecule has 0 aliphatic heterocycles. The quantitative estimate of drug-likeness (QED) is 0.600. The zero-order chi connectivity index (χ0) is 17.8. The van der Waals surface area contributed by atoms with E-state index in [1.807, 2.05) is 56.4 Å². The smallest absolute Gasteiger partial charge is 0.235 e. The maximum absolute atomic E-state index is 12.6. The van der Waals surface area contributed by atoms with Crippen LogP contribution in [0, 0.1) is 0 Å². The normalized spacial score (nSPS) is 12.1. The van der Waals surface area contributed by atoms with Crippen LogP contribution in [0.2, 0.25) is 0 Å². The van der Waals surface area contributed by atoms with E-state index in [0.717, 1.165) is 25.9 Å². The van der Waals surface area contributed by atoms with Gasteiger partial charge in [-0.15, -0.1) is 23.1 Å². The molecular formula is C19H20N2O2S2. The molecule has 0 bridgehead atoms. The summed E-state index contributed by atoms with van der Waals surface area (Å²) in [6.07, 6.45) is 0. The minimum absolute atomic E-state index is 0.0973. The molecule has 0 aliphatic carbocycles. The van der Waals surface area contributed by atoms with Crippen molar-refractivity contribution < 1.29 is 9.53 Å². The number of fused-ring (bicyclic) bond motifs is 1. The van der Waals surface area contributed by atoms with Crippen molar-refractivity contribution in [3.8, 4) is 5.75 Å². The molecule has 0 aliphatic rings. The van der Waals surface area contributed by atoms with Gasteiger partial charge in [0.05, 0.1) is 29.1 Å². The molecule has 0 fully saturated rings. The Labute approximate surface area is 155 Å². The molecule has 4 nitrogen and oxygen atoms in total. The van der Waals surface area contributed by atoms with E-state index in [0.29, 0.717) is 6.54 Å². The number of rotatable bonds is 6. The molecule has 3 aromatic rings. The summed E-state index contributed by atoms with van der Waals surface area (Å²) in [5.74, 6) is 0.913. The number of carbonyl (C=O) groups is 1. The number of thiazole rings is 1. The van der Waals surface area contributed by atoms with Crippen molar-refractivity contribution in [3.05, 3.63) is 53.5 Å². The Kier molecular flexibility index (Phi) is 5.60. The van der Waals surface area contributed by atoms with Gasteiger partial charge in [-0.25, -0.2) is 4.98 Å². The summed E-state index contributed by atoms with van der Waals surface area (Å²) in [6.45, 7) is 2.47. The molecule has 1 amide bonds. The summed E-state index contributed by atoms with van der Waals surface area (Å²) in [5.41, 5.74) is 0.990. The van der Waals surface area contributed by atoms with E-state index in [2.05, 4.69) is 11.1 Å². The number of ether oxygens (including phenoxy) is 1. The lowest BCUT2D eigenvalue weighted by Crippen LogP contribution is -2.32. The highest BCUT2D eigenvalue weighted by molar-refractivity contribution is 8.00. The van der Waals surface area contributed by atoms with Crippen molar-refractivity contribution in [1.29, 1.82) is 0 Å². The lowest BCUT2D eigenvalue weighted by molar-refractivity contribution is -0.129. The second kappa shape index (κ2) is 7.89. The Bertz CT molecular complexity index is 828. The Morgan fingerprint density at radius 2 is 1.96 bits per heavy atom. The Morgan fingerprint density at radius 3 is 2.64 bits per heavy atom. The molecule has 25 heavy (non-hydrogen) atoms. The molecule has 0 saturated carbocycles. The van der Waals surface area contributed by atoms with E-state index >= 15 is 0 Å². The number of para-hydroxylation sites is 1. The van der Waals surface area contributed by atoms with Crippen LogP contribution in [-0.2, 0) is 11.3 Å². The fourth-order valence-electron chi connectivity index (χ4n) is 2.49. The Balaban J connectivity index is 1.62. The largest absolute Gasteiger partial charge is 0.497 e. The second-order valence-corrected chi connectivity index (χ2v) is 8.23. The van der Waals surface area contributed by atoms with Crippen LogP contribution in [-0.4, -0.2) is 35.2 Å². The highest BCUT2D eigenvalue weighted by atomic mass is 32.2. The molecule has 0 N–H and O–H groups in total. The van der Waals surface area contributed by atoms with Gasteiger partial charge < -0.3 is 9.64 Å². The topological polar surface area (TPSA) is 42.4 Å². The first-order valence-corrected chi connectivity index (χ1v) is 9.66. The van der Waals surface area contributed by atoms with Crippen molar-refractivity contribution >= 4 is 39.2 Å². The van der Waals surface area contributed by atoms with E-state index in [4.69, 9.17) is 4.74 Å². The van der Waals surface area contributed by atoms with Crippen molar-refractivity contribution in [2.24, 2.45) is 0 Å². The Morgan fingerprint density at radius 1 is 1.24 bits per heavy atom. The van der Waals surface area contributed by atoms with E-state index in [1.165, 1.54) is 0 Å². The standard InChI is InChI=1S/C19H20N2O2S2/c1-13(24-15-10-8-14(23-3)9-11-15)19(22)21(2)12-18-20-16-6-4-5-7-17(16)25-18/h4-11,13H,12H2,1-3H3. The monoisotopic (exact) mass is 372 g/mol. The molecule has 0 spiro atoms. The zero-order valence-corrected chi connectivity index (χ0v) is 16.1. The highest BCUT2D eigenvalue weighted by Crippen LogP contribution is 2.27. The average molecular weight is 373 g/mol. The van der Waals surface area contributed by atoms with E-state index in [-0.39, 0.29) is 11.2 Å². The summed E-state index contributed by atoms with van der Waals surface area (Å²) in [4.78, 5) is 20.0. The maximum Gasteiger partial charge on any atom is 0.235 e. The molecule has 0 saturated heterocycles. The van der Waals surface area contributed by atoms with Crippen molar-refractivity contribution in [3.63, 3.8) is 0 Å². The third-order valence-electron chi connectivity index (χ3n) is 3.81. The lowest BCUT2D eigenvalue weighted by Gasteiger charge is -2.20. The second-order valence-electron chi connectivity index (χ2n) is 5.71. The fraction of sp³-hybridized carbons (Fsp3) is 0.263. The van der Waals surface area contributed by atoms with Gasteiger partial charge in [0.15, 0.2) is 0 Å². The number of amides is 1. The van der Waals surface area contributed by atoms with Crippen molar-refractivity contribution in [2.75, 3.05) is 14.2 Å². The van der Waals surface area contributed by atoms with Gasteiger partial charge in [-0.1, -0.05) is 12.1 Å². The average Bonchev–Trinajstić information content (AvgIpc) is 3.03. The van der Waals surface area contributed by atoms with Crippen LogP contribution in [0.25, 0.3) is 10.2 Å². The molecule has 1 aromatic heterocycles. The van der Waals surface area contributed by atoms with Gasteiger partial charge in [0, 0.05) is 11.9 Å². The van der Waals surface area contributed by atoms with Crippen LogP contribution in [0.3, 0.4) is 0 Å². The molecule has 0 radical (unpaired) electrons. The first kappa shape index (κ1) is 17.8. The van der Waals surface area contributed by atoms with Crippen LogP contribution < -0.4 is 4.74 Å². The fourth-order valence-corrected chi connectivity index (χ4v) is 4.49. The van der Waals surface area contributed by atoms with Gasteiger partial charge >= 0.3 is 0 Å². The van der Waals surface area contributed by atoms with Crippen molar-refractivity contribution in [2.45, 2.75) is 23.6 Å². The number of hydrogen-bond acceptors (Lipinski definition) is 5. The van der Waals surface area contributed by atoms with E-state index < -0.39 is 0 Å². The number of nitrogens with zero attached hydrogens (tertiary/aromatic N) is 2. The first-order chi connectivity index (χ1) is 12.1. The molecule has 6 heteroatoms. The lowest BCUT2D eigenvalue weighted by atomic mass is 10.3. The zero-order valence-electron chi connectivity index (χ0n) is 14.4. The number of hydrogen-bond donors (Lipinski definition) is 0. The predicted octanol–water partition coefficient (Wildman–Crippen LogP) is 4.44. The van der Waals surface area contributed by atoms with Gasteiger partial charge in [0.2, 0.25) is 5.91 Å². The molecule has 1 atom stereocenters. The molecule has 1 heterocycles. The van der Waals surface area contributed by atoms with Crippen LogP contribution in [0.5, 0.6) is 5.75 Å². The summed E-state index contributed by atoms with van der Waals surface area (Å²) in [6, 6.07) is 15.8. The maximum atomic E-state index is 12.6. The summed E-state index contributed by atoms with van der Waals surface area (Å²) in [5, 5.41) is 0.798. The van der Waals surface area contributed by atoms with Gasteiger partial charge in [0.25, 0.3) is 0 Å². The van der Waals surface area contributed by atoms with Gasteiger partial charge in [0.1, 0.15) is 10.8 Å². The summed E-state index contributed by atoms with van der Waals surface area (Å²) >= 11 is 3.19. The molecule has 1 unspecified atom stereocenters. The number of methoxy groups -OCH3 is 1. The van der Waals surface area contributed by atoms with Crippen LogP contribution >= 0.6 is 23.1 Å². The number of benzene rings is 2. The van der Waals surface area contributed by atoms with E-state index in [9.17, 15) is 4.79 Å². The molecular weight excluding hydrogens is 352 g/mol. The highest BCUT2D eigenvalue weighted by Gasteiger charge is 2.20. The van der Waals surface area contributed by atoms with Crippen LogP contribution in [0.15, 0.2) is 53.4 Å². The van der Waals surface area contributed by atoms with Gasteiger partial charge in [-0.3, -0.25) is 4.79 Å². The Hall–Kier alpha value is -2.05. The third kappa shape index (κ3) is 4.32. The summed E-state index contributed by atoms with van der Waals surface area (Å²) < 4.78 is 6.31. The number of thioether (sulfide) groups is 1.